The van der Waals surface area contributed by atoms with Crippen LogP contribution in [0.3, 0.4) is 0 Å². The van der Waals surface area contributed by atoms with Crippen molar-refractivity contribution >= 4 is 21.4 Å². The van der Waals surface area contributed by atoms with Crippen LogP contribution in [0.5, 0.6) is 0 Å². The predicted molar refractivity (Wildman–Crippen MR) is 68.5 cm³/mol. The molecule has 0 aliphatic rings. The van der Waals surface area contributed by atoms with Crippen molar-refractivity contribution in [2.24, 2.45) is 0 Å². The van der Waals surface area contributed by atoms with Crippen LogP contribution in [0.2, 0.25) is 0 Å². The van der Waals surface area contributed by atoms with E-state index in [0.29, 0.717) is 16.6 Å². The molecule has 92 valence electrons. The third-order valence-electron chi connectivity index (χ3n) is 2.81. The first kappa shape index (κ1) is 12.5. The second-order valence-corrected chi connectivity index (χ2v) is 4.98. The van der Waals surface area contributed by atoms with Gasteiger partial charge in [-0.1, -0.05) is 13.8 Å². The van der Waals surface area contributed by atoms with Crippen molar-refractivity contribution in [3.63, 3.8) is 0 Å². The average molecular weight is 255 g/mol. The van der Waals surface area contributed by atoms with Crippen molar-refractivity contribution in [2.45, 2.75) is 26.8 Å². The van der Waals surface area contributed by atoms with Gasteiger partial charge in [-0.05, 0) is 30.7 Å². The Labute approximate surface area is 103 Å². The third kappa shape index (κ3) is 2.19. The number of aryl methyl sites for hydroxylation is 1. The number of rotatable bonds is 4. The van der Waals surface area contributed by atoms with Gasteiger partial charge in [0.2, 0.25) is 0 Å². The van der Waals surface area contributed by atoms with E-state index in [0.717, 1.165) is 23.4 Å². The van der Waals surface area contributed by atoms with Gasteiger partial charge in [-0.15, -0.1) is 11.3 Å². The second kappa shape index (κ2) is 5.10. The minimum atomic E-state index is -0.330. The fourth-order valence-corrected chi connectivity index (χ4v) is 3.27. The number of halogens is 2. The van der Waals surface area contributed by atoms with Gasteiger partial charge in [0.1, 0.15) is 11.6 Å². The van der Waals surface area contributed by atoms with Crippen LogP contribution in [0.1, 0.15) is 24.3 Å². The topological polar surface area (TPSA) is 12.0 Å². The maximum atomic E-state index is 13.8. The van der Waals surface area contributed by atoms with Gasteiger partial charge in [-0.3, -0.25) is 0 Å². The largest absolute Gasteiger partial charge is 0.312 e. The number of fused-ring (bicyclic) bond motifs is 1. The number of hydrogen-bond donors (Lipinski definition) is 1. The molecule has 4 heteroatoms. The monoisotopic (exact) mass is 255 g/mol. The molecule has 0 atom stereocenters. The van der Waals surface area contributed by atoms with Crippen LogP contribution < -0.4 is 5.32 Å². The Morgan fingerprint density at radius 3 is 2.53 bits per heavy atom. The summed E-state index contributed by atoms with van der Waals surface area (Å²) in [5.74, 6) is -0.652. The first-order valence-electron chi connectivity index (χ1n) is 5.78. The summed E-state index contributed by atoms with van der Waals surface area (Å²) >= 11 is 1.35. The summed E-state index contributed by atoms with van der Waals surface area (Å²) < 4.78 is 27.8. The van der Waals surface area contributed by atoms with E-state index in [9.17, 15) is 8.78 Å². The fourth-order valence-electron chi connectivity index (χ4n) is 1.99. The summed E-state index contributed by atoms with van der Waals surface area (Å²) in [6, 6.07) is 2.41. The molecule has 0 unspecified atom stereocenters. The molecule has 17 heavy (non-hydrogen) atoms. The molecule has 1 aromatic carbocycles. The zero-order chi connectivity index (χ0) is 12.4. The molecule has 1 heterocycles. The molecule has 0 saturated heterocycles. The highest BCUT2D eigenvalue weighted by Crippen LogP contribution is 2.35. The minimum absolute atomic E-state index is 0.322. The van der Waals surface area contributed by atoms with Gasteiger partial charge >= 0.3 is 0 Å². The smallest absolute Gasteiger partial charge is 0.141 e. The molecule has 0 fully saturated rings. The molecule has 2 rings (SSSR count). The van der Waals surface area contributed by atoms with Gasteiger partial charge in [0, 0.05) is 16.8 Å². The second-order valence-electron chi connectivity index (χ2n) is 3.87. The summed E-state index contributed by atoms with van der Waals surface area (Å²) in [4.78, 5) is 1.04. The molecule has 0 amide bonds. The molecule has 0 radical (unpaired) electrons. The highest BCUT2D eigenvalue weighted by molar-refractivity contribution is 7.19. The van der Waals surface area contributed by atoms with Crippen LogP contribution in [0.4, 0.5) is 8.78 Å². The Hall–Kier alpha value is -1.00. The summed E-state index contributed by atoms with van der Waals surface area (Å²) in [5.41, 5.74) is 0.933. The molecule has 0 saturated carbocycles. The maximum absolute atomic E-state index is 13.8. The maximum Gasteiger partial charge on any atom is 0.141 e. The van der Waals surface area contributed by atoms with Gasteiger partial charge in [0.05, 0.1) is 4.70 Å². The van der Waals surface area contributed by atoms with E-state index in [-0.39, 0.29) is 11.6 Å². The zero-order valence-corrected chi connectivity index (χ0v) is 10.8. The summed E-state index contributed by atoms with van der Waals surface area (Å²) in [6.45, 7) is 5.52. The van der Waals surface area contributed by atoms with Crippen molar-refractivity contribution in [3.05, 3.63) is 34.2 Å². The normalized spacial score (nSPS) is 11.3. The van der Waals surface area contributed by atoms with E-state index in [4.69, 9.17) is 0 Å². The lowest BCUT2D eigenvalue weighted by molar-refractivity contribution is 0.618. The molecule has 0 spiro atoms. The highest BCUT2D eigenvalue weighted by atomic mass is 32.1. The summed E-state index contributed by atoms with van der Waals surface area (Å²) in [5, 5.41) is 3.67. The Morgan fingerprint density at radius 1 is 1.18 bits per heavy atom. The summed E-state index contributed by atoms with van der Waals surface area (Å²) in [6.07, 6.45) is 0.723. The zero-order valence-electron chi connectivity index (χ0n) is 9.94. The van der Waals surface area contributed by atoms with Crippen molar-refractivity contribution in [1.29, 1.82) is 0 Å². The standard InChI is InChI=1S/C13H15F2NS/c1-3-8-11(7-16-4-2)17-13-10(15)6-5-9(14)12(8)13/h5-6,16H,3-4,7H2,1-2H3. The van der Waals surface area contributed by atoms with E-state index < -0.39 is 0 Å². The first-order chi connectivity index (χ1) is 8.19. The van der Waals surface area contributed by atoms with Crippen molar-refractivity contribution < 1.29 is 8.78 Å². The van der Waals surface area contributed by atoms with Gasteiger partial charge in [0.25, 0.3) is 0 Å². The Bertz CT molecular complexity index is 534. The van der Waals surface area contributed by atoms with E-state index >= 15 is 0 Å². The summed E-state index contributed by atoms with van der Waals surface area (Å²) in [7, 11) is 0. The molecule has 0 bridgehead atoms. The number of benzene rings is 1. The van der Waals surface area contributed by atoms with Crippen LogP contribution in [0.25, 0.3) is 10.1 Å². The average Bonchev–Trinajstić information content (AvgIpc) is 2.71. The van der Waals surface area contributed by atoms with E-state index in [1.165, 1.54) is 23.5 Å². The minimum Gasteiger partial charge on any atom is -0.312 e. The SMILES string of the molecule is CCNCc1sc2c(F)ccc(F)c2c1CC. The molecule has 1 aromatic heterocycles. The Balaban J connectivity index is 2.62. The van der Waals surface area contributed by atoms with Crippen molar-refractivity contribution in [1.82, 2.24) is 5.32 Å². The van der Waals surface area contributed by atoms with Gasteiger partial charge < -0.3 is 5.32 Å². The molecular formula is C13H15F2NS. The van der Waals surface area contributed by atoms with E-state index in [1.807, 2.05) is 13.8 Å². The van der Waals surface area contributed by atoms with Crippen LogP contribution in [-0.2, 0) is 13.0 Å². The lowest BCUT2D eigenvalue weighted by Gasteiger charge is -2.02. The number of nitrogens with one attached hydrogen (secondary N) is 1. The van der Waals surface area contributed by atoms with Crippen molar-refractivity contribution in [2.75, 3.05) is 6.54 Å². The molecule has 1 nitrogen and oxygen atoms in total. The van der Waals surface area contributed by atoms with Crippen LogP contribution in [-0.4, -0.2) is 6.54 Å². The molecule has 0 aliphatic heterocycles. The third-order valence-corrected chi connectivity index (χ3v) is 4.05. The number of thiophene rings is 1. The quantitative estimate of drug-likeness (QED) is 0.875. The molecule has 1 N–H and O–H groups in total. The Morgan fingerprint density at radius 2 is 1.88 bits per heavy atom. The van der Waals surface area contributed by atoms with Crippen LogP contribution in [0, 0.1) is 11.6 Å². The van der Waals surface area contributed by atoms with Crippen molar-refractivity contribution in [3.8, 4) is 0 Å². The van der Waals surface area contributed by atoms with Gasteiger partial charge in [-0.2, -0.15) is 0 Å². The van der Waals surface area contributed by atoms with Crippen LogP contribution >= 0.6 is 11.3 Å². The Kier molecular flexibility index (Phi) is 3.74. The first-order valence-corrected chi connectivity index (χ1v) is 6.59. The lowest BCUT2D eigenvalue weighted by Crippen LogP contribution is -2.11. The molecular weight excluding hydrogens is 240 g/mol. The van der Waals surface area contributed by atoms with E-state index in [1.54, 1.807) is 0 Å². The van der Waals surface area contributed by atoms with E-state index in [2.05, 4.69) is 5.32 Å². The predicted octanol–water partition coefficient (Wildman–Crippen LogP) is 3.85. The fraction of sp³-hybridized carbons (Fsp3) is 0.385. The van der Waals surface area contributed by atoms with Gasteiger partial charge in [-0.25, -0.2) is 8.78 Å². The van der Waals surface area contributed by atoms with Crippen LogP contribution in [0.15, 0.2) is 12.1 Å². The number of hydrogen-bond acceptors (Lipinski definition) is 2. The molecule has 2 aromatic rings. The van der Waals surface area contributed by atoms with Gasteiger partial charge in [0.15, 0.2) is 0 Å². The lowest BCUT2D eigenvalue weighted by atomic mass is 10.1. The highest BCUT2D eigenvalue weighted by Gasteiger charge is 2.16. The molecule has 0 aliphatic carbocycles.